The van der Waals surface area contributed by atoms with Crippen LogP contribution in [-0.4, -0.2) is 6.54 Å². The molecule has 1 aromatic carbocycles. The standard InChI is InChI=1S/C13H16ClFN2/c1-13(2,7-4-8-16)9-17-12-10(14)5-3-6-11(12)15/h3,5-6,17H,4,7,9H2,1-2H3. The molecule has 2 nitrogen and oxygen atoms in total. The highest BCUT2D eigenvalue weighted by atomic mass is 35.5. The summed E-state index contributed by atoms with van der Waals surface area (Å²) in [5.74, 6) is -0.353. The maximum Gasteiger partial charge on any atom is 0.147 e. The summed E-state index contributed by atoms with van der Waals surface area (Å²) < 4.78 is 13.5. The van der Waals surface area contributed by atoms with Crippen LogP contribution in [0.15, 0.2) is 18.2 Å². The van der Waals surface area contributed by atoms with Gasteiger partial charge >= 0.3 is 0 Å². The van der Waals surface area contributed by atoms with Gasteiger partial charge < -0.3 is 5.32 Å². The third-order valence-corrected chi connectivity index (χ3v) is 2.94. The summed E-state index contributed by atoms with van der Waals surface area (Å²) in [4.78, 5) is 0. The molecule has 0 spiro atoms. The van der Waals surface area contributed by atoms with Crippen LogP contribution in [0.2, 0.25) is 5.02 Å². The molecule has 0 amide bonds. The Balaban J connectivity index is 2.64. The monoisotopic (exact) mass is 254 g/mol. The molecule has 1 aromatic rings. The number of hydrogen-bond donors (Lipinski definition) is 1. The summed E-state index contributed by atoms with van der Waals surface area (Å²) in [6.07, 6.45) is 1.27. The molecule has 0 unspecified atom stereocenters. The number of hydrogen-bond acceptors (Lipinski definition) is 2. The van der Waals surface area contributed by atoms with E-state index in [9.17, 15) is 4.39 Å². The Kier molecular flexibility index (Phi) is 4.77. The molecule has 1 rings (SSSR count). The average molecular weight is 255 g/mol. The van der Waals surface area contributed by atoms with Crippen molar-refractivity contribution in [2.75, 3.05) is 11.9 Å². The topological polar surface area (TPSA) is 35.8 Å². The van der Waals surface area contributed by atoms with E-state index in [-0.39, 0.29) is 11.2 Å². The van der Waals surface area contributed by atoms with Crippen molar-refractivity contribution in [3.63, 3.8) is 0 Å². The van der Waals surface area contributed by atoms with E-state index in [1.165, 1.54) is 6.07 Å². The molecule has 0 aromatic heterocycles. The lowest BCUT2D eigenvalue weighted by Gasteiger charge is -2.24. The third kappa shape index (κ3) is 4.24. The quantitative estimate of drug-likeness (QED) is 0.854. The highest BCUT2D eigenvalue weighted by Crippen LogP contribution is 2.28. The first-order valence-electron chi connectivity index (χ1n) is 5.51. The van der Waals surface area contributed by atoms with E-state index in [0.29, 0.717) is 23.7 Å². The van der Waals surface area contributed by atoms with Gasteiger partial charge in [0.2, 0.25) is 0 Å². The summed E-state index contributed by atoms with van der Waals surface area (Å²) in [6.45, 7) is 4.65. The van der Waals surface area contributed by atoms with Crippen molar-refractivity contribution in [3.8, 4) is 6.07 Å². The van der Waals surface area contributed by atoms with Gasteiger partial charge in [-0.2, -0.15) is 5.26 Å². The van der Waals surface area contributed by atoms with Gasteiger partial charge in [0.25, 0.3) is 0 Å². The number of nitrogens with zero attached hydrogens (tertiary/aromatic N) is 1. The van der Waals surface area contributed by atoms with Crippen molar-refractivity contribution in [1.82, 2.24) is 0 Å². The minimum atomic E-state index is -0.353. The molecule has 0 saturated carbocycles. The van der Waals surface area contributed by atoms with E-state index in [1.54, 1.807) is 12.1 Å². The molecular weight excluding hydrogens is 239 g/mol. The van der Waals surface area contributed by atoms with Crippen molar-refractivity contribution < 1.29 is 4.39 Å². The van der Waals surface area contributed by atoms with Crippen LogP contribution in [-0.2, 0) is 0 Å². The number of nitriles is 1. The van der Waals surface area contributed by atoms with Crippen LogP contribution in [0, 0.1) is 22.6 Å². The highest BCUT2D eigenvalue weighted by Gasteiger charge is 2.18. The Hall–Kier alpha value is -1.27. The molecule has 4 heteroatoms. The van der Waals surface area contributed by atoms with Gasteiger partial charge in [-0.25, -0.2) is 4.39 Å². The zero-order valence-electron chi connectivity index (χ0n) is 10.1. The van der Waals surface area contributed by atoms with Crippen LogP contribution in [0.3, 0.4) is 0 Å². The van der Waals surface area contributed by atoms with Crippen LogP contribution in [0.1, 0.15) is 26.7 Å². The van der Waals surface area contributed by atoms with Crippen LogP contribution in [0.4, 0.5) is 10.1 Å². The van der Waals surface area contributed by atoms with E-state index < -0.39 is 0 Å². The van der Waals surface area contributed by atoms with Gasteiger partial charge in [0.15, 0.2) is 0 Å². The second-order valence-corrected chi connectivity index (χ2v) is 5.18. The fourth-order valence-electron chi connectivity index (χ4n) is 1.48. The van der Waals surface area contributed by atoms with Gasteiger partial charge in [0, 0.05) is 13.0 Å². The minimum Gasteiger partial charge on any atom is -0.381 e. The van der Waals surface area contributed by atoms with Crippen molar-refractivity contribution in [2.24, 2.45) is 5.41 Å². The van der Waals surface area contributed by atoms with Crippen molar-refractivity contribution in [2.45, 2.75) is 26.7 Å². The first-order valence-corrected chi connectivity index (χ1v) is 5.89. The normalized spacial score (nSPS) is 11.0. The molecule has 0 aliphatic carbocycles. The molecule has 0 aliphatic rings. The highest BCUT2D eigenvalue weighted by molar-refractivity contribution is 6.33. The molecule has 0 atom stereocenters. The van der Waals surface area contributed by atoms with Crippen molar-refractivity contribution >= 4 is 17.3 Å². The fourth-order valence-corrected chi connectivity index (χ4v) is 1.71. The molecule has 0 fully saturated rings. The number of halogens is 2. The zero-order chi connectivity index (χ0) is 12.9. The second-order valence-electron chi connectivity index (χ2n) is 4.77. The number of nitrogens with one attached hydrogen (secondary N) is 1. The molecule has 0 heterocycles. The summed E-state index contributed by atoms with van der Waals surface area (Å²) >= 11 is 5.91. The molecule has 1 N–H and O–H groups in total. The van der Waals surface area contributed by atoms with Gasteiger partial charge in [-0.3, -0.25) is 0 Å². The Labute approximate surface area is 106 Å². The molecule has 92 valence electrons. The number of para-hydroxylation sites is 1. The van der Waals surface area contributed by atoms with Gasteiger partial charge in [0.1, 0.15) is 5.82 Å². The molecule has 0 aliphatic heterocycles. The Morgan fingerprint density at radius 3 is 2.76 bits per heavy atom. The third-order valence-electron chi connectivity index (χ3n) is 2.62. The Morgan fingerprint density at radius 1 is 1.47 bits per heavy atom. The first-order chi connectivity index (χ1) is 7.96. The first kappa shape index (κ1) is 13.8. The second kappa shape index (κ2) is 5.88. The lowest BCUT2D eigenvalue weighted by atomic mass is 9.88. The van der Waals surface area contributed by atoms with Gasteiger partial charge in [0.05, 0.1) is 16.8 Å². The number of anilines is 1. The Morgan fingerprint density at radius 2 is 2.18 bits per heavy atom. The smallest absolute Gasteiger partial charge is 0.147 e. The van der Waals surface area contributed by atoms with Crippen LogP contribution in [0.25, 0.3) is 0 Å². The molecule has 0 saturated heterocycles. The summed E-state index contributed by atoms with van der Waals surface area (Å²) in [6, 6.07) is 6.71. The fraction of sp³-hybridized carbons (Fsp3) is 0.462. The van der Waals surface area contributed by atoms with Crippen molar-refractivity contribution in [1.29, 1.82) is 5.26 Å². The molecule has 0 bridgehead atoms. The SMILES string of the molecule is CC(C)(CCC#N)CNc1c(F)cccc1Cl. The maximum absolute atomic E-state index is 13.5. The van der Waals surface area contributed by atoms with Gasteiger partial charge in [-0.1, -0.05) is 31.5 Å². The maximum atomic E-state index is 13.5. The van der Waals surface area contributed by atoms with E-state index in [0.717, 1.165) is 6.42 Å². The molecule has 0 radical (unpaired) electrons. The predicted octanol–water partition coefficient (Wildman–Crippen LogP) is 4.22. The lowest BCUT2D eigenvalue weighted by Crippen LogP contribution is -2.23. The van der Waals surface area contributed by atoms with Gasteiger partial charge in [-0.15, -0.1) is 0 Å². The van der Waals surface area contributed by atoms with Gasteiger partial charge in [-0.05, 0) is 24.0 Å². The minimum absolute atomic E-state index is 0.0681. The zero-order valence-corrected chi connectivity index (χ0v) is 10.8. The lowest BCUT2D eigenvalue weighted by molar-refractivity contribution is 0.363. The summed E-state index contributed by atoms with van der Waals surface area (Å²) in [5, 5.41) is 11.9. The predicted molar refractivity (Wildman–Crippen MR) is 68.5 cm³/mol. The van der Waals surface area contributed by atoms with Crippen molar-refractivity contribution in [3.05, 3.63) is 29.0 Å². The molecule has 17 heavy (non-hydrogen) atoms. The van der Waals surface area contributed by atoms with E-state index in [4.69, 9.17) is 16.9 Å². The van der Waals surface area contributed by atoms with Crippen LogP contribution in [0.5, 0.6) is 0 Å². The Bertz CT molecular complexity index is 404. The summed E-state index contributed by atoms with van der Waals surface area (Å²) in [7, 11) is 0. The largest absolute Gasteiger partial charge is 0.381 e. The van der Waals surface area contributed by atoms with Crippen LogP contribution >= 0.6 is 11.6 Å². The van der Waals surface area contributed by atoms with E-state index >= 15 is 0 Å². The van der Waals surface area contributed by atoms with Crippen LogP contribution < -0.4 is 5.32 Å². The number of benzene rings is 1. The molecular formula is C13H16ClFN2. The number of rotatable bonds is 5. The van der Waals surface area contributed by atoms with E-state index in [1.807, 2.05) is 13.8 Å². The average Bonchev–Trinajstić information content (AvgIpc) is 2.26. The van der Waals surface area contributed by atoms with E-state index in [2.05, 4.69) is 11.4 Å². The summed E-state index contributed by atoms with van der Waals surface area (Å²) in [5.41, 5.74) is 0.264.